The molecule has 2 aromatic rings. The van der Waals surface area contributed by atoms with Crippen LogP contribution in [0.5, 0.6) is 0 Å². The molecule has 1 atom stereocenters. The van der Waals surface area contributed by atoms with Crippen LogP contribution in [0.4, 0.5) is 11.5 Å². The molecule has 0 aliphatic heterocycles. The maximum Gasteiger partial charge on any atom is 0.314 e. The predicted molar refractivity (Wildman–Crippen MR) is 87.6 cm³/mol. The lowest BCUT2D eigenvalue weighted by molar-refractivity contribution is -0.384. The third-order valence-electron chi connectivity index (χ3n) is 3.49. The van der Waals surface area contributed by atoms with Crippen LogP contribution >= 0.6 is 11.6 Å². The van der Waals surface area contributed by atoms with Gasteiger partial charge in [-0.1, -0.05) is 11.6 Å². The molecule has 1 unspecified atom stereocenters. The molecule has 0 radical (unpaired) electrons. The molecule has 0 aromatic carbocycles. The van der Waals surface area contributed by atoms with Crippen molar-refractivity contribution in [3.63, 3.8) is 0 Å². The number of pyridine rings is 2. The highest BCUT2D eigenvalue weighted by atomic mass is 35.5. The first kappa shape index (κ1) is 17.1. The van der Waals surface area contributed by atoms with Gasteiger partial charge in [0.25, 0.3) is 0 Å². The summed E-state index contributed by atoms with van der Waals surface area (Å²) in [4.78, 5) is 18.6. The van der Waals surface area contributed by atoms with Crippen LogP contribution in [0, 0.1) is 23.0 Å². The molecule has 0 fully saturated rings. The minimum Gasteiger partial charge on any atom is -0.396 e. The van der Waals surface area contributed by atoms with E-state index in [1.54, 1.807) is 31.5 Å². The number of hydrogen-bond acceptors (Lipinski definition) is 6. The van der Waals surface area contributed by atoms with Gasteiger partial charge < -0.3 is 10.4 Å². The summed E-state index contributed by atoms with van der Waals surface area (Å²) in [5.41, 5.74) is 1.35. The van der Waals surface area contributed by atoms with Crippen molar-refractivity contribution in [1.29, 1.82) is 0 Å². The van der Waals surface area contributed by atoms with Gasteiger partial charge in [0.1, 0.15) is 0 Å². The van der Waals surface area contributed by atoms with Crippen LogP contribution in [0.2, 0.25) is 5.02 Å². The predicted octanol–water partition coefficient (Wildman–Crippen LogP) is 2.61. The Labute approximate surface area is 138 Å². The fourth-order valence-electron chi connectivity index (χ4n) is 2.23. The Bertz CT molecular complexity index is 696. The van der Waals surface area contributed by atoms with Gasteiger partial charge in [-0.05, 0) is 31.0 Å². The highest BCUT2D eigenvalue weighted by Gasteiger charge is 2.19. The third-order valence-corrected chi connectivity index (χ3v) is 3.83. The summed E-state index contributed by atoms with van der Waals surface area (Å²) in [5.74, 6) is 0.0473. The Morgan fingerprint density at radius 2 is 2.22 bits per heavy atom. The van der Waals surface area contributed by atoms with E-state index in [0.717, 1.165) is 5.56 Å². The van der Waals surface area contributed by atoms with E-state index in [-0.39, 0.29) is 24.0 Å². The van der Waals surface area contributed by atoms with Crippen LogP contribution in [-0.2, 0) is 6.42 Å². The van der Waals surface area contributed by atoms with Crippen molar-refractivity contribution in [2.45, 2.75) is 13.3 Å². The molecule has 7 nitrogen and oxygen atoms in total. The van der Waals surface area contributed by atoms with E-state index in [2.05, 4.69) is 15.3 Å². The van der Waals surface area contributed by atoms with Crippen LogP contribution in [0.25, 0.3) is 0 Å². The van der Waals surface area contributed by atoms with Gasteiger partial charge in [-0.3, -0.25) is 15.1 Å². The first-order valence-corrected chi connectivity index (χ1v) is 7.43. The number of halogens is 1. The first-order chi connectivity index (χ1) is 11.0. The number of nitrogens with one attached hydrogen (secondary N) is 1. The number of aliphatic hydroxyl groups excluding tert-OH is 1. The summed E-state index contributed by atoms with van der Waals surface area (Å²) >= 11 is 6.06. The second-order valence-corrected chi connectivity index (χ2v) is 5.59. The fraction of sp³-hybridized carbons (Fsp3) is 0.333. The molecular formula is C15H17ClN4O3. The first-order valence-electron chi connectivity index (χ1n) is 7.06. The smallest absolute Gasteiger partial charge is 0.314 e. The molecule has 0 spiro atoms. The summed E-state index contributed by atoms with van der Waals surface area (Å²) < 4.78 is 0. The maximum absolute atomic E-state index is 11.1. The number of aliphatic hydroxyl groups is 1. The highest BCUT2D eigenvalue weighted by molar-refractivity contribution is 6.31. The summed E-state index contributed by atoms with van der Waals surface area (Å²) in [6, 6.07) is 3.38. The van der Waals surface area contributed by atoms with Crippen LogP contribution < -0.4 is 5.32 Å². The summed E-state index contributed by atoms with van der Waals surface area (Å²) in [6.07, 6.45) is 5.23. The van der Waals surface area contributed by atoms with E-state index in [1.165, 1.54) is 6.20 Å². The molecular weight excluding hydrogens is 320 g/mol. The lowest BCUT2D eigenvalue weighted by Gasteiger charge is -2.16. The number of nitrogens with zero attached hydrogens (tertiary/aromatic N) is 3. The van der Waals surface area contributed by atoms with Crippen LogP contribution in [0.15, 0.2) is 30.7 Å². The highest BCUT2D eigenvalue weighted by Crippen LogP contribution is 2.26. The number of hydrogen-bond donors (Lipinski definition) is 2. The standard InChI is InChI=1S/C15H17ClN4O3/c1-10-2-5-18-15(14(10)20(22)23)19-7-11(9-21)6-12-3-4-17-8-13(12)16/h2-5,8,11,21H,6-7,9H2,1H3,(H,18,19). The number of rotatable bonds is 7. The molecule has 2 rings (SSSR count). The van der Waals surface area contributed by atoms with E-state index in [1.807, 2.05) is 0 Å². The van der Waals surface area contributed by atoms with Crippen molar-refractivity contribution in [1.82, 2.24) is 9.97 Å². The average Bonchev–Trinajstić information content (AvgIpc) is 2.52. The Hall–Kier alpha value is -2.25. The Morgan fingerprint density at radius 3 is 2.87 bits per heavy atom. The van der Waals surface area contributed by atoms with E-state index in [4.69, 9.17) is 11.6 Å². The Balaban J connectivity index is 2.08. The minimum absolute atomic E-state index is 0.0499. The molecule has 122 valence electrons. The lowest BCUT2D eigenvalue weighted by Crippen LogP contribution is -2.21. The summed E-state index contributed by atoms with van der Waals surface area (Å²) in [6.45, 7) is 1.92. The molecule has 0 aliphatic carbocycles. The molecule has 0 bridgehead atoms. The minimum atomic E-state index is -0.460. The van der Waals surface area contributed by atoms with E-state index in [9.17, 15) is 15.2 Å². The maximum atomic E-state index is 11.1. The fourth-order valence-corrected chi connectivity index (χ4v) is 2.43. The van der Waals surface area contributed by atoms with Gasteiger partial charge in [0.15, 0.2) is 0 Å². The molecule has 8 heteroatoms. The molecule has 2 aromatic heterocycles. The zero-order chi connectivity index (χ0) is 16.8. The van der Waals surface area contributed by atoms with Gasteiger partial charge >= 0.3 is 5.69 Å². The average molecular weight is 337 g/mol. The monoisotopic (exact) mass is 336 g/mol. The van der Waals surface area contributed by atoms with Crippen LogP contribution in [-0.4, -0.2) is 33.1 Å². The normalized spacial score (nSPS) is 12.0. The van der Waals surface area contributed by atoms with Gasteiger partial charge in [-0.25, -0.2) is 4.98 Å². The van der Waals surface area contributed by atoms with Gasteiger partial charge in [0, 0.05) is 43.2 Å². The van der Waals surface area contributed by atoms with E-state index in [0.29, 0.717) is 23.6 Å². The Morgan fingerprint density at radius 1 is 1.43 bits per heavy atom. The molecule has 0 aliphatic rings. The number of nitro groups is 1. The third kappa shape index (κ3) is 4.37. The van der Waals surface area contributed by atoms with Crippen LogP contribution in [0.1, 0.15) is 11.1 Å². The van der Waals surface area contributed by atoms with Crippen molar-refractivity contribution >= 4 is 23.1 Å². The molecule has 0 amide bonds. The zero-order valence-electron chi connectivity index (χ0n) is 12.6. The van der Waals surface area contributed by atoms with E-state index >= 15 is 0 Å². The second kappa shape index (κ2) is 7.85. The summed E-state index contributed by atoms with van der Waals surface area (Å²) in [7, 11) is 0. The van der Waals surface area contributed by atoms with Crippen molar-refractivity contribution in [3.8, 4) is 0 Å². The zero-order valence-corrected chi connectivity index (χ0v) is 13.3. The SMILES string of the molecule is Cc1ccnc(NCC(CO)Cc2ccncc2Cl)c1[N+](=O)[O-]. The molecule has 2 N–H and O–H groups in total. The van der Waals surface area contributed by atoms with E-state index < -0.39 is 4.92 Å². The number of aromatic nitrogens is 2. The number of anilines is 1. The topological polar surface area (TPSA) is 101 Å². The molecule has 2 heterocycles. The Kier molecular flexibility index (Phi) is 5.84. The van der Waals surface area contributed by atoms with Gasteiger partial charge in [-0.2, -0.15) is 0 Å². The quantitative estimate of drug-likeness (QED) is 0.595. The van der Waals surface area contributed by atoms with Crippen molar-refractivity contribution < 1.29 is 10.0 Å². The largest absolute Gasteiger partial charge is 0.396 e. The van der Waals surface area contributed by atoms with Crippen LogP contribution in [0.3, 0.4) is 0 Å². The number of aryl methyl sites for hydroxylation is 1. The van der Waals surface area contributed by atoms with Crippen molar-refractivity contribution in [3.05, 3.63) is 57.0 Å². The van der Waals surface area contributed by atoms with Gasteiger partial charge in [0.05, 0.1) is 9.95 Å². The molecule has 0 saturated heterocycles. The van der Waals surface area contributed by atoms with Crippen molar-refractivity contribution in [2.24, 2.45) is 5.92 Å². The molecule has 0 saturated carbocycles. The van der Waals surface area contributed by atoms with Crippen molar-refractivity contribution in [2.75, 3.05) is 18.5 Å². The summed E-state index contributed by atoms with van der Waals surface area (Å²) in [5, 5.41) is 24.2. The second-order valence-electron chi connectivity index (χ2n) is 5.18. The lowest BCUT2D eigenvalue weighted by atomic mass is 10.0. The van der Waals surface area contributed by atoms with Gasteiger partial charge in [-0.15, -0.1) is 0 Å². The molecule has 23 heavy (non-hydrogen) atoms. The van der Waals surface area contributed by atoms with Gasteiger partial charge in [0.2, 0.25) is 5.82 Å².